The molecule has 2 heterocycles. The van der Waals surface area contributed by atoms with Gasteiger partial charge >= 0.3 is 0 Å². The second kappa shape index (κ2) is 7.03. The zero-order valence-corrected chi connectivity index (χ0v) is 14.3. The molecule has 5 heteroatoms. The molecule has 26 heavy (non-hydrogen) atoms. The summed E-state index contributed by atoms with van der Waals surface area (Å²) >= 11 is 0. The molecule has 5 nitrogen and oxygen atoms in total. The minimum atomic E-state index is -0.535. The summed E-state index contributed by atoms with van der Waals surface area (Å²) < 4.78 is 7.44. The minimum Gasteiger partial charge on any atom is -0.376 e. The zero-order chi connectivity index (χ0) is 17.9. The number of amides is 1. The van der Waals surface area contributed by atoms with Gasteiger partial charge in [0.15, 0.2) is 0 Å². The lowest BCUT2D eigenvalue weighted by molar-refractivity contribution is 0.0133. The van der Waals surface area contributed by atoms with Crippen LogP contribution in [0.1, 0.15) is 15.9 Å². The first kappa shape index (κ1) is 16.4. The summed E-state index contributed by atoms with van der Waals surface area (Å²) in [6.07, 6.45) is 1.91. The summed E-state index contributed by atoms with van der Waals surface area (Å²) in [7, 11) is 0. The molecule has 0 radical (unpaired) electrons. The van der Waals surface area contributed by atoms with Crippen LogP contribution in [0.25, 0.3) is 10.9 Å². The van der Waals surface area contributed by atoms with Crippen LogP contribution in [0.5, 0.6) is 0 Å². The molecule has 0 bridgehead atoms. The van der Waals surface area contributed by atoms with Crippen LogP contribution in [0.4, 0.5) is 0 Å². The molecule has 1 aliphatic rings. The van der Waals surface area contributed by atoms with Gasteiger partial charge in [0.2, 0.25) is 0 Å². The van der Waals surface area contributed by atoms with E-state index in [1.54, 1.807) is 4.90 Å². The van der Waals surface area contributed by atoms with Crippen LogP contribution >= 0.6 is 0 Å². The number of ether oxygens (including phenoxy) is 1. The molecule has 0 N–H and O–H groups in total. The number of carbonyl (C=O) groups excluding carboxylic acids is 1. The summed E-state index contributed by atoms with van der Waals surface area (Å²) in [4.78, 5) is 14.8. The van der Waals surface area contributed by atoms with E-state index in [2.05, 4.69) is 22.8 Å². The third-order valence-corrected chi connectivity index (χ3v) is 4.75. The Morgan fingerprint density at radius 3 is 2.73 bits per heavy atom. The molecule has 4 rings (SSSR count). The van der Waals surface area contributed by atoms with Gasteiger partial charge in [0.25, 0.3) is 5.91 Å². The molecule has 0 aliphatic carbocycles. The summed E-state index contributed by atoms with van der Waals surface area (Å²) in [5.74, 6) is -0.108. The van der Waals surface area contributed by atoms with Gasteiger partial charge in [-0.05, 0) is 11.6 Å². The Morgan fingerprint density at radius 1 is 1.15 bits per heavy atom. The maximum absolute atomic E-state index is 13.2. The monoisotopic (exact) mass is 345 g/mol. The summed E-state index contributed by atoms with van der Waals surface area (Å²) in [6.45, 7) is 1.87. The number of nitriles is 1. The first-order chi connectivity index (χ1) is 12.8. The number of fused-ring (bicyclic) bond motifs is 1. The van der Waals surface area contributed by atoms with Gasteiger partial charge in [-0.15, -0.1) is 0 Å². The first-order valence-electron chi connectivity index (χ1n) is 8.68. The second-order valence-corrected chi connectivity index (χ2v) is 6.39. The number of morpholine rings is 1. The Labute approximate surface area is 152 Å². The molecule has 0 saturated carbocycles. The van der Waals surface area contributed by atoms with Crippen LogP contribution in [-0.4, -0.2) is 41.2 Å². The highest BCUT2D eigenvalue weighted by atomic mass is 16.5. The molecule has 2 aromatic carbocycles. The number of hydrogen-bond donors (Lipinski definition) is 0. The maximum Gasteiger partial charge on any atom is 0.257 e. The van der Waals surface area contributed by atoms with Crippen molar-refractivity contribution in [2.75, 3.05) is 19.8 Å². The lowest BCUT2D eigenvalue weighted by Gasteiger charge is -2.31. The predicted octanol–water partition coefficient (Wildman–Crippen LogP) is 3.05. The summed E-state index contributed by atoms with van der Waals surface area (Å²) in [5, 5.41) is 10.3. The maximum atomic E-state index is 13.2. The Morgan fingerprint density at radius 2 is 1.92 bits per heavy atom. The molecule has 130 valence electrons. The lowest BCUT2D eigenvalue weighted by atomic mass is 10.1. The summed E-state index contributed by atoms with van der Waals surface area (Å²) in [6, 6.07) is 19.7. The fourth-order valence-corrected chi connectivity index (χ4v) is 3.44. The van der Waals surface area contributed by atoms with Crippen LogP contribution in [0.15, 0.2) is 60.8 Å². The fourth-order valence-electron chi connectivity index (χ4n) is 3.44. The average Bonchev–Trinajstić information content (AvgIpc) is 3.07. The highest BCUT2D eigenvalue weighted by Gasteiger charge is 2.29. The molecule has 1 unspecified atom stereocenters. The number of aromatic nitrogens is 1. The van der Waals surface area contributed by atoms with Crippen molar-refractivity contribution in [3.05, 3.63) is 71.9 Å². The quantitative estimate of drug-likeness (QED) is 0.733. The SMILES string of the molecule is N#CC1COCCN1C(=O)c1cn(Cc2ccccc2)c2ccccc12. The number of nitrogens with zero attached hydrogens (tertiary/aromatic N) is 3. The Hall–Kier alpha value is -3.10. The molecular weight excluding hydrogens is 326 g/mol. The van der Waals surface area contributed by atoms with Crippen LogP contribution in [0, 0.1) is 11.3 Å². The molecule has 1 saturated heterocycles. The molecule has 1 aromatic heterocycles. The standard InChI is InChI=1S/C21H19N3O2/c22-12-17-15-26-11-10-24(17)21(25)19-14-23(13-16-6-2-1-3-7-16)20-9-5-4-8-18(19)20/h1-9,14,17H,10-11,13,15H2. The second-order valence-electron chi connectivity index (χ2n) is 6.39. The van der Waals surface area contributed by atoms with Crippen molar-refractivity contribution in [2.24, 2.45) is 0 Å². The topological polar surface area (TPSA) is 58.3 Å². The van der Waals surface area contributed by atoms with Crippen molar-refractivity contribution in [1.82, 2.24) is 9.47 Å². The van der Waals surface area contributed by atoms with Gasteiger partial charge in [-0.1, -0.05) is 48.5 Å². The van der Waals surface area contributed by atoms with Crippen molar-refractivity contribution in [1.29, 1.82) is 5.26 Å². The Bertz CT molecular complexity index is 972. The third kappa shape index (κ3) is 2.96. The van der Waals surface area contributed by atoms with E-state index < -0.39 is 6.04 Å². The number of carbonyl (C=O) groups is 1. The van der Waals surface area contributed by atoms with Gasteiger partial charge in [-0.25, -0.2) is 0 Å². The molecule has 0 spiro atoms. The number of hydrogen-bond acceptors (Lipinski definition) is 3. The normalized spacial score (nSPS) is 17.2. The van der Waals surface area contributed by atoms with Gasteiger partial charge in [0, 0.05) is 30.2 Å². The fraction of sp³-hybridized carbons (Fsp3) is 0.238. The number of para-hydroxylation sites is 1. The van der Waals surface area contributed by atoms with E-state index in [0.29, 0.717) is 25.3 Å². The van der Waals surface area contributed by atoms with E-state index in [1.165, 1.54) is 5.56 Å². The minimum absolute atomic E-state index is 0.108. The molecule has 1 amide bonds. The van der Waals surface area contributed by atoms with Gasteiger partial charge in [-0.2, -0.15) is 5.26 Å². The average molecular weight is 345 g/mol. The Balaban J connectivity index is 1.74. The van der Waals surface area contributed by atoms with Crippen LogP contribution in [0.2, 0.25) is 0 Å². The van der Waals surface area contributed by atoms with Gasteiger partial charge in [0.1, 0.15) is 6.04 Å². The number of benzene rings is 2. The summed E-state index contributed by atoms with van der Waals surface area (Å²) in [5.41, 5.74) is 2.83. The molecule has 1 fully saturated rings. The van der Waals surface area contributed by atoms with Gasteiger partial charge in [-0.3, -0.25) is 4.79 Å². The predicted molar refractivity (Wildman–Crippen MR) is 98.7 cm³/mol. The largest absolute Gasteiger partial charge is 0.376 e. The highest BCUT2D eigenvalue weighted by Crippen LogP contribution is 2.25. The number of rotatable bonds is 3. The van der Waals surface area contributed by atoms with Crippen molar-refractivity contribution < 1.29 is 9.53 Å². The van der Waals surface area contributed by atoms with E-state index in [0.717, 1.165) is 10.9 Å². The third-order valence-electron chi connectivity index (χ3n) is 4.75. The highest BCUT2D eigenvalue weighted by molar-refractivity contribution is 6.07. The van der Waals surface area contributed by atoms with Crippen LogP contribution in [-0.2, 0) is 11.3 Å². The molecule has 1 atom stereocenters. The molecular formula is C21H19N3O2. The van der Waals surface area contributed by atoms with Crippen LogP contribution in [0.3, 0.4) is 0 Å². The van der Waals surface area contributed by atoms with Gasteiger partial charge in [0.05, 0.1) is 24.8 Å². The zero-order valence-electron chi connectivity index (χ0n) is 14.3. The van der Waals surface area contributed by atoms with Crippen molar-refractivity contribution >= 4 is 16.8 Å². The van der Waals surface area contributed by atoms with Crippen LogP contribution < -0.4 is 0 Å². The Kier molecular flexibility index (Phi) is 4.42. The van der Waals surface area contributed by atoms with E-state index >= 15 is 0 Å². The van der Waals surface area contributed by atoms with Crippen molar-refractivity contribution in [3.8, 4) is 6.07 Å². The van der Waals surface area contributed by atoms with Crippen molar-refractivity contribution in [3.63, 3.8) is 0 Å². The molecule has 3 aromatic rings. The van der Waals surface area contributed by atoms with E-state index in [1.807, 2.05) is 48.7 Å². The molecule has 1 aliphatic heterocycles. The first-order valence-corrected chi connectivity index (χ1v) is 8.68. The van der Waals surface area contributed by atoms with Gasteiger partial charge < -0.3 is 14.2 Å². The van der Waals surface area contributed by atoms with Crippen molar-refractivity contribution in [2.45, 2.75) is 12.6 Å². The van der Waals surface area contributed by atoms with E-state index in [9.17, 15) is 10.1 Å². The smallest absolute Gasteiger partial charge is 0.257 e. The van der Waals surface area contributed by atoms with E-state index in [-0.39, 0.29) is 12.5 Å². The lowest BCUT2D eigenvalue weighted by Crippen LogP contribution is -2.47. The van der Waals surface area contributed by atoms with E-state index in [4.69, 9.17) is 4.74 Å².